The van der Waals surface area contributed by atoms with Gasteiger partial charge in [0.2, 0.25) is 5.91 Å². The van der Waals surface area contributed by atoms with Crippen LogP contribution in [0.3, 0.4) is 0 Å². The number of urea groups is 1. The van der Waals surface area contributed by atoms with Gasteiger partial charge in [-0.3, -0.25) is 9.59 Å². The van der Waals surface area contributed by atoms with Gasteiger partial charge >= 0.3 is 6.03 Å². The summed E-state index contributed by atoms with van der Waals surface area (Å²) in [6.07, 6.45) is 4.47. The molecule has 1 aromatic heterocycles. The summed E-state index contributed by atoms with van der Waals surface area (Å²) >= 11 is 0. The van der Waals surface area contributed by atoms with Gasteiger partial charge in [0.15, 0.2) is 0 Å². The molecule has 4 amide bonds. The molecule has 1 heterocycles. The molecule has 0 spiro atoms. The molecule has 0 unspecified atom stereocenters. The Bertz CT molecular complexity index is 1150. The van der Waals surface area contributed by atoms with Gasteiger partial charge in [-0.2, -0.15) is 5.10 Å². The number of primary amides is 1. The molecule has 1 aliphatic carbocycles. The van der Waals surface area contributed by atoms with Crippen molar-refractivity contribution >= 4 is 23.5 Å². The van der Waals surface area contributed by atoms with Gasteiger partial charge in [-0.1, -0.05) is 49.2 Å². The highest BCUT2D eigenvalue weighted by molar-refractivity contribution is 6.00. The van der Waals surface area contributed by atoms with Gasteiger partial charge in [0, 0.05) is 18.4 Å². The molecular weight excluding hydrogens is 420 g/mol. The maximum Gasteiger partial charge on any atom is 0.315 e. The summed E-state index contributed by atoms with van der Waals surface area (Å²) in [4.78, 5) is 37.1. The Balaban J connectivity index is 1.43. The molecular formula is C24H26N6O3. The highest BCUT2D eigenvalue weighted by Gasteiger charge is 2.42. The Morgan fingerprint density at radius 2 is 1.76 bits per heavy atom. The molecule has 2 aromatic carbocycles. The fourth-order valence-corrected chi connectivity index (χ4v) is 4.00. The molecule has 0 atom stereocenters. The summed E-state index contributed by atoms with van der Waals surface area (Å²) in [6.45, 7) is 0.379. The smallest absolute Gasteiger partial charge is 0.315 e. The van der Waals surface area contributed by atoms with Gasteiger partial charge in [0.1, 0.15) is 11.2 Å². The first-order valence-electron chi connectivity index (χ1n) is 10.8. The molecule has 170 valence electrons. The third-order valence-corrected chi connectivity index (χ3v) is 5.75. The first-order valence-corrected chi connectivity index (χ1v) is 10.8. The third kappa shape index (κ3) is 5.20. The molecule has 9 heteroatoms. The van der Waals surface area contributed by atoms with Gasteiger partial charge in [-0.05, 0) is 42.7 Å². The summed E-state index contributed by atoms with van der Waals surface area (Å²) in [5.74, 6) is -0.872. The number of amides is 4. The normalized spacial score (nSPS) is 14.4. The predicted molar refractivity (Wildman–Crippen MR) is 124 cm³/mol. The van der Waals surface area contributed by atoms with E-state index in [1.807, 2.05) is 30.3 Å². The van der Waals surface area contributed by atoms with Crippen LogP contribution in [0.2, 0.25) is 0 Å². The van der Waals surface area contributed by atoms with Crippen molar-refractivity contribution in [2.75, 3.05) is 5.32 Å². The molecule has 1 fully saturated rings. The second-order valence-electron chi connectivity index (χ2n) is 8.10. The minimum atomic E-state index is -0.971. The maximum atomic E-state index is 13.3. The Morgan fingerprint density at radius 3 is 2.45 bits per heavy atom. The Hall–Kier alpha value is -4.14. The summed E-state index contributed by atoms with van der Waals surface area (Å²) in [7, 11) is 0. The van der Waals surface area contributed by atoms with E-state index in [9.17, 15) is 14.4 Å². The van der Waals surface area contributed by atoms with Crippen LogP contribution in [0.25, 0.3) is 5.69 Å². The minimum absolute atomic E-state index is 0.153. The Morgan fingerprint density at radius 1 is 1.00 bits per heavy atom. The van der Waals surface area contributed by atoms with Crippen molar-refractivity contribution in [1.82, 2.24) is 20.4 Å². The number of nitrogens with zero attached hydrogens (tertiary/aromatic N) is 2. The zero-order chi connectivity index (χ0) is 23.3. The monoisotopic (exact) mass is 446 g/mol. The second-order valence-corrected chi connectivity index (χ2v) is 8.10. The van der Waals surface area contributed by atoms with Crippen LogP contribution in [0.5, 0.6) is 0 Å². The van der Waals surface area contributed by atoms with Crippen LogP contribution in [0, 0.1) is 0 Å². The molecule has 0 aliphatic heterocycles. The summed E-state index contributed by atoms with van der Waals surface area (Å²) in [5.41, 5.74) is 6.65. The summed E-state index contributed by atoms with van der Waals surface area (Å²) in [5, 5.41) is 12.8. The fraction of sp³-hybridized carbons (Fsp3) is 0.250. The van der Waals surface area contributed by atoms with Crippen LogP contribution in [-0.4, -0.2) is 33.2 Å². The van der Waals surface area contributed by atoms with Crippen LogP contribution in [0.15, 0.2) is 66.9 Å². The minimum Gasteiger partial charge on any atom is -0.364 e. The van der Waals surface area contributed by atoms with E-state index < -0.39 is 11.4 Å². The first kappa shape index (κ1) is 22.1. The standard InChI is InChI=1S/C24H26N6O3/c25-21(31)20-11-14-30(29-20)19-10-6-9-18(15-19)27-22(32)24(12-4-5-13-24)28-23(33)26-16-17-7-2-1-3-8-17/h1-3,6-11,14-15H,4-5,12-13,16H2,(H2,25,31)(H,27,32)(H2,26,28,33). The number of carbonyl (C=O) groups is 3. The molecule has 1 aliphatic rings. The van der Waals surface area contributed by atoms with Gasteiger partial charge in [0.05, 0.1) is 5.69 Å². The molecule has 0 saturated heterocycles. The highest BCUT2D eigenvalue weighted by atomic mass is 16.2. The molecule has 3 aromatic rings. The van der Waals surface area contributed by atoms with Gasteiger partial charge in [0.25, 0.3) is 5.91 Å². The maximum absolute atomic E-state index is 13.3. The van der Waals surface area contributed by atoms with E-state index >= 15 is 0 Å². The molecule has 9 nitrogen and oxygen atoms in total. The number of benzene rings is 2. The van der Waals surface area contributed by atoms with E-state index in [4.69, 9.17) is 5.73 Å². The number of aromatic nitrogens is 2. The lowest BCUT2D eigenvalue weighted by Gasteiger charge is -2.29. The molecule has 1 saturated carbocycles. The average molecular weight is 447 g/mol. The molecule has 0 bridgehead atoms. The predicted octanol–water partition coefficient (Wildman–Crippen LogP) is 2.72. The average Bonchev–Trinajstić information content (AvgIpc) is 3.50. The van der Waals surface area contributed by atoms with E-state index in [1.54, 1.807) is 30.5 Å². The van der Waals surface area contributed by atoms with Crippen LogP contribution in [0.4, 0.5) is 10.5 Å². The van der Waals surface area contributed by atoms with Crippen LogP contribution in [0.1, 0.15) is 41.7 Å². The lowest BCUT2D eigenvalue weighted by atomic mass is 9.96. The van der Waals surface area contributed by atoms with Crippen LogP contribution < -0.4 is 21.7 Å². The number of hydrogen-bond acceptors (Lipinski definition) is 4. The van der Waals surface area contributed by atoms with E-state index in [1.165, 1.54) is 10.7 Å². The third-order valence-electron chi connectivity index (χ3n) is 5.75. The number of anilines is 1. The number of carbonyl (C=O) groups excluding carboxylic acids is 3. The quantitative estimate of drug-likeness (QED) is 0.444. The number of nitrogens with one attached hydrogen (secondary N) is 3. The van der Waals surface area contributed by atoms with Crippen molar-refractivity contribution in [3.05, 3.63) is 78.1 Å². The number of hydrogen-bond donors (Lipinski definition) is 4. The van der Waals surface area contributed by atoms with E-state index in [0.29, 0.717) is 30.8 Å². The van der Waals surface area contributed by atoms with Crippen molar-refractivity contribution in [3.63, 3.8) is 0 Å². The molecule has 0 radical (unpaired) electrons. The largest absolute Gasteiger partial charge is 0.364 e. The molecule has 33 heavy (non-hydrogen) atoms. The summed E-state index contributed by atoms with van der Waals surface area (Å²) in [6, 6.07) is 17.8. The van der Waals surface area contributed by atoms with Crippen LogP contribution >= 0.6 is 0 Å². The van der Waals surface area contributed by atoms with E-state index in [-0.39, 0.29) is 17.6 Å². The van der Waals surface area contributed by atoms with Crippen molar-refractivity contribution < 1.29 is 14.4 Å². The topological polar surface area (TPSA) is 131 Å². The Labute approximate surface area is 191 Å². The van der Waals surface area contributed by atoms with Gasteiger partial charge < -0.3 is 21.7 Å². The SMILES string of the molecule is NC(=O)c1ccn(-c2cccc(NC(=O)C3(NC(=O)NCc4ccccc4)CCCC3)c2)n1. The Kier molecular flexibility index (Phi) is 6.39. The van der Waals surface area contributed by atoms with Crippen LogP contribution in [-0.2, 0) is 11.3 Å². The fourth-order valence-electron chi connectivity index (χ4n) is 4.00. The van der Waals surface area contributed by atoms with Crippen molar-refractivity contribution in [1.29, 1.82) is 0 Å². The van der Waals surface area contributed by atoms with Gasteiger partial charge in [-0.15, -0.1) is 0 Å². The summed E-state index contributed by atoms with van der Waals surface area (Å²) < 4.78 is 1.51. The van der Waals surface area contributed by atoms with Crippen molar-refractivity contribution in [3.8, 4) is 5.69 Å². The first-order chi connectivity index (χ1) is 15.9. The van der Waals surface area contributed by atoms with Gasteiger partial charge in [-0.25, -0.2) is 9.48 Å². The lowest BCUT2D eigenvalue weighted by molar-refractivity contribution is -0.121. The zero-order valence-corrected chi connectivity index (χ0v) is 18.1. The molecule has 5 N–H and O–H groups in total. The van der Waals surface area contributed by atoms with Crippen molar-refractivity contribution in [2.45, 2.75) is 37.8 Å². The van der Waals surface area contributed by atoms with E-state index in [0.717, 1.165) is 18.4 Å². The van der Waals surface area contributed by atoms with E-state index in [2.05, 4.69) is 21.0 Å². The highest BCUT2D eigenvalue weighted by Crippen LogP contribution is 2.31. The zero-order valence-electron chi connectivity index (χ0n) is 18.1. The van der Waals surface area contributed by atoms with Crippen molar-refractivity contribution in [2.24, 2.45) is 5.73 Å². The number of rotatable bonds is 7. The molecule has 4 rings (SSSR count). The lowest BCUT2D eigenvalue weighted by Crippen LogP contribution is -2.57. The number of nitrogens with two attached hydrogens (primary N) is 1. The second kappa shape index (κ2) is 9.56.